The van der Waals surface area contributed by atoms with Crippen molar-refractivity contribution < 1.29 is 19.4 Å². The normalized spacial score (nSPS) is 18.4. The number of aliphatic hydroxyl groups excluding tert-OH is 1. The van der Waals surface area contributed by atoms with E-state index in [1.165, 1.54) is 0 Å². The van der Waals surface area contributed by atoms with Crippen molar-refractivity contribution in [2.24, 2.45) is 5.92 Å². The summed E-state index contributed by atoms with van der Waals surface area (Å²) in [6.07, 6.45) is 0.823. The molecular weight excluding hydrogens is 355 g/mol. The molecule has 8 heteroatoms. The Morgan fingerprint density at radius 2 is 2.04 bits per heavy atom. The molecule has 0 saturated carbocycles. The second kappa shape index (κ2) is 8.76. The Balaban J connectivity index is 0.00000208. The molecule has 2 heterocycles. The van der Waals surface area contributed by atoms with E-state index in [2.05, 4.69) is 10.6 Å². The fourth-order valence-electron chi connectivity index (χ4n) is 2.87. The molecule has 1 aromatic rings. The number of carbonyl (C=O) groups excluding carboxylic acids is 1. The van der Waals surface area contributed by atoms with Gasteiger partial charge in [-0.25, -0.2) is 0 Å². The summed E-state index contributed by atoms with van der Waals surface area (Å²) in [7, 11) is 0. The zero-order chi connectivity index (χ0) is 16.2. The van der Waals surface area contributed by atoms with E-state index in [-0.39, 0.29) is 30.8 Å². The third-order valence-electron chi connectivity index (χ3n) is 4.18. The lowest BCUT2D eigenvalue weighted by molar-refractivity contribution is -0.126. The van der Waals surface area contributed by atoms with Crippen LogP contribution < -0.4 is 20.1 Å². The maximum atomic E-state index is 12.1. The number of aliphatic hydroxyl groups is 1. The lowest BCUT2D eigenvalue weighted by Crippen LogP contribution is -2.39. The van der Waals surface area contributed by atoms with E-state index in [4.69, 9.17) is 21.1 Å². The van der Waals surface area contributed by atoms with Crippen molar-refractivity contribution in [3.05, 3.63) is 22.7 Å². The number of halogens is 2. The van der Waals surface area contributed by atoms with Gasteiger partial charge in [-0.3, -0.25) is 4.79 Å². The van der Waals surface area contributed by atoms with Crippen LogP contribution in [0.25, 0.3) is 0 Å². The molecule has 1 fully saturated rings. The topological polar surface area (TPSA) is 79.8 Å². The van der Waals surface area contributed by atoms with E-state index >= 15 is 0 Å². The van der Waals surface area contributed by atoms with Crippen LogP contribution in [-0.4, -0.2) is 43.9 Å². The number of nitrogens with one attached hydrogen (secondary N) is 2. The summed E-state index contributed by atoms with van der Waals surface area (Å²) in [6.45, 7) is 2.78. The summed E-state index contributed by atoms with van der Waals surface area (Å²) >= 11 is 6.17. The zero-order valence-electron chi connectivity index (χ0n) is 13.2. The van der Waals surface area contributed by atoms with Crippen molar-refractivity contribution in [2.45, 2.75) is 18.9 Å². The lowest BCUT2D eigenvalue weighted by Gasteiger charge is -2.23. The van der Waals surface area contributed by atoms with Crippen molar-refractivity contribution in [1.29, 1.82) is 0 Å². The Hall–Kier alpha value is -1.21. The molecule has 3 rings (SSSR count). The Labute approximate surface area is 152 Å². The van der Waals surface area contributed by atoms with E-state index < -0.39 is 6.10 Å². The van der Waals surface area contributed by atoms with Gasteiger partial charge in [0.25, 0.3) is 0 Å². The first-order chi connectivity index (χ1) is 11.1. The quantitative estimate of drug-likeness (QED) is 0.744. The van der Waals surface area contributed by atoms with Crippen molar-refractivity contribution >= 4 is 29.9 Å². The molecule has 6 nitrogen and oxygen atoms in total. The summed E-state index contributed by atoms with van der Waals surface area (Å²) in [6, 6.07) is 3.36. The minimum atomic E-state index is -0.839. The summed E-state index contributed by atoms with van der Waals surface area (Å²) in [5.74, 6) is 1.05. The van der Waals surface area contributed by atoms with E-state index in [1.54, 1.807) is 12.1 Å². The van der Waals surface area contributed by atoms with Gasteiger partial charge >= 0.3 is 0 Å². The molecule has 1 atom stereocenters. The van der Waals surface area contributed by atoms with Gasteiger partial charge in [0, 0.05) is 12.5 Å². The van der Waals surface area contributed by atoms with Crippen LogP contribution in [0.2, 0.25) is 5.02 Å². The van der Waals surface area contributed by atoms with Crippen LogP contribution in [0.15, 0.2) is 12.1 Å². The van der Waals surface area contributed by atoms with E-state index in [1.807, 2.05) is 0 Å². The number of benzene rings is 1. The van der Waals surface area contributed by atoms with Crippen molar-refractivity contribution in [2.75, 3.05) is 32.8 Å². The molecule has 1 aromatic carbocycles. The van der Waals surface area contributed by atoms with Crippen molar-refractivity contribution in [3.8, 4) is 11.5 Å². The van der Waals surface area contributed by atoms with Gasteiger partial charge in [-0.1, -0.05) is 11.6 Å². The Kier molecular flexibility index (Phi) is 6.98. The summed E-state index contributed by atoms with van der Waals surface area (Å²) in [4.78, 5) is 12.1. The summed E-state index contributed by atoms with van der Waals surface area (Å²) in [5.41, 5.74) is 0.602. The number of amides is 1. The van der Waals surface area contributed by atoms with Gasteiger partial charge in [0.05, 0.1) is 11.1 Å². The van der Waals surface area contributed by atoms with Gasteiger partial charge in [0.15, 0.2) is 11.5 Å². The lowest BCUT2D eigenvalue weighted by atomic mass is 9.97. The third-order valence-corrected chi connectivity index (χ3v) is 4.46. The second-order valence-electron chi connectivity index (χ2n) is 5.81. The molecule has 2 aliphatic heterocycles. The van der Waals surface area contributed by atoms with Gasteiger partial charge in [0.2, 0.25) is 5.91 Å². The third kappa shape index (κ3) is 4.45. The number of fused-ring (bicyclic) bond motifs is 1. The van der Waals surface area contributed by atoms with Crippen LogP contribution >= 0.6 is 24.0 Å². The van der Waals surface area contributed by atoms with E-state index in [0.717, 1.165) is 25.9 Å². The largest absolute Gasteiger partial charge is 0.486 e. The molecule has 0 radical (unpaired) electrons. The number of piperidine rings is 1. The Morgan fingerprint density at radius 1 is 1.33 bits per heavy atom. The molecule has 1 amide bonds. The zero-order valence-corrected chi connectivity index (χ0v) is 14.8. The second-order valence-corrected chi connectivity index (χ2v) is 6.22. The first-order valence-corrected chi connectivity index (χ1v) is 8.28. The molecule has 0 bridgehead atoms. The first-order valence-electron chi connectivity index (χ1n) is 7.90. The van der Waals surface area contributed by atoms with E-state index in [9.17, 15) is 9.90 Å². The molecule has 3 N–H and O–H groups in total. The van der Waals surface area contributed by atoms with Crippen LogP contribution in [0.1, 0.15) is 24.5 Å². The maximum Gasteiger partial charge on any atom is 0.223 e. The molecule has 2 aliphatic rings. The minimum Gasteiger partial charge on any atom is -0.486 e. The SMILES string of the molecule is Cl.O=C(NCC(O)c1cc(Cl)c2c(c1)OCCO2)C1CCNCC1. The number of rotatable bonds is 4. The predicted molar refractivity (Wildman–Crippen MR) is 93.3 cm³/mol. The fraction of sp³-hybridized carbons (Fsp3) is 0.562. The van der Waals surface area contributed by atoms with Crippen LogP contribution in [-0.2, 0) is 4.79 Å². The molecule has 0 aliphatic carbocycles. The highest BCUT2D eigenvalue weighted by Crippen LogP contribution is 2.39. The predicted octanol–water partition coefficient (Wildman–Crippen LogP) is 1.68. The highest BCUT2D eigenvalue weighted by Gasteiger charge is 2.23. The number of ether oxygens (including phenoxy) is 2. The highest BCUT2D eigenvalue weighted by atomic mass is 35.5. The van der Waals surface area contributed by atoms with E-state index in [0.29, 0.717) is 35.3 Å². The van der Waals surface area contributed by atoms with Crippen LogP contribution in [0, 0.1) is 5.92 Å². The molecule has 0 spiro atoms. The summed E-state index contributed by atoms with van der Waals surface area (Å²) < 4.78 is 11.0. The molecule has 0 aromatic heterocycles. The smallest absolute Gasteiger partial charge is 0.223 e. The van der Waals surface area contributed by atoms with Gasteiger partial charge < -0.3 is 25.2 Å². The number of hydrogen-bond acceptors (Lipinski definition) is 5. The molecule has 1 unspecified atom stereocenters. The van der Waals surface area contributed by atoms with Gasteiger partial charge in [-0.2, -0.15) is 0 Å². The average Bonchev–Trinajstić information content (AvgIpc) is 2.60. The van der Waals surface area contributed by atoms with Crippen LogP contribution in [0.5, 0.6) is 11.5 Å². The van der Waals surface area contributed by atoms with Crippen molar-refractivity contribution in [3.63, 3.8) is 0 Å². The first kappa shape index (κ1) is 19.1. The summed E-state index contributed by atoms with van der Waals surface area (Å²) in [5, 5.41) is 16.8. The Morgan fingerprint density at radius 3 is 2.79 bits per heavy atom. The van der Waals surface area contributed by atoms with Gasteiger partial charge in [0.1, 0.15) is 13.2 Å². The van der Waals surface area contributed by atoms with Crippen LogP contribution in [0.3, 0.4) is 0 Å². The molecule has 1 saturated heterocycles. The van der Waals surface area contributed by atoms with Crippen LogP contribution in [0.4, 0.5) is 0 Å². The molecule has 24 heavy (non-hydrogen) atoms. The highest BCUT2D eigenvalue weighted by molar-refractivity contribution is 6.32. The van der Waals surface area contributed by atoms with Crippen molar-refractivity contribution in [1.82, 2.24) is 10.6 Å². The number of hydrogen-bond donors (Lipinski definition) is 3. The number of carbonyl (C=O) groups is 1. The standard InChI is InChI=1S/C16H21ClN2O4.ClH/c17-12-7-11(8-14-15(12)23-6-5-22-14)13(20)9-19-16(21)10-1-3-18-4-2-10;/h7-8,10,13,18,20H,1-6,9H2,(H,19,21);1H. The van der Waals surface area contributed by atoms with Gasteiger partial charge in [-0.05, 0) is 43.6 Å². The van der Waals surface area contributed by atoms with Gasteiger partial charge in [-0.15, -0.1) is 12.4 Å². The molecular formula is C16H22Cl2N2O4. The fourth-order valence-corrected chi connectivity index (χ4v) is 3.14. The monoisotopic (exact) mass is 376 g/mol. The Bertz CT molecular complexity index is 579. The average molecular weight is 377 g/mol. The minimum absolute atomic E-state index is 0. The maximum absolute atomic E-state index is 12.1. The molecule has 134 valence electrons.